The van der Waals surface area contributed by atoms with Gasteiger partial charge >= 0.3 is 5.97 Å². The number of carboxylic acid groups (broad SMARTS) is 1. The smallest absolute Gasteiger partial charge is 0.334 e. The molecule has 6 heteroatoms. The SMILES string of the molecule is O=C(CCCc1c[nH]c2ccccc12)NC[C@H](O)C(=O)O. The van der Waals surface area contributed by atoms with E-state index in [1.807, 2.05) is 30.5 Å². The standard InChI is InChI=1S/C15H18N2O4/c18-13(15(20)21)9-17-14(19)7-3-4-10-8-16-12-6-2-1-5-11(10)12/h1-2,5-6,8,13,16,18H,3-4,7,9H2,(H,17,19)(H,20,21)/t13-/m0/s1. The lowest BCUT2D eigenvalue weighted by Crippen LogP contribution is -2.36. The first-order valence-corrected chi connectivity index (χ1v) is 6.80. The third-order valence-corrected chi connectivity index (χ3v) is 3.30. The number of carbonyl (C=O) groups is 2. The number of aliphatic hydroxyl groups is 1. The molecule has 1 atom stereocenters. The van der Waals surface area contributed by atoms with Crippen LogP contribution in [0.25, 0.3) is 10.9 Å². The molecule has 21 heavy (non-hydrogen) atoms. The van der Waals surface area contributed by atoms with Gasteiger partial charge in [-0.15, -0.1) is 0 Å². The van der Waals surface area contributed by atoms with Crippen LogP contribution in [0.4, 0.5) is 0 Å². The van der Waals surface area contributed by atoms with Crippen molar-refractivity contribution in [3.05, 3.63) is 36.0 Å². The second kappa shape index (κ2) is 6.90. The molecule has 0 radical (unpaired) electrons. The van der Waals surface area contributed by atoms with Gasteiger partial charge in [-0.25, -0.2) is 4.79 Å². The van der Waals surface area contributed by atoms with E-state index in [4.69, 9.17) is 10.2 Å². The molecule has 1 aromatic heterocycles. The number of H-pyrrole nitrogens is 1. The number of carboxylic acids is 1. The molecule has 2 aromatic rings. The number of benzene rings is 1. The fraction of sp³-hybridized carbons (Fsp3) is 0.333. The molecule has 4 N–H and O–H groups in total. The normalized spacial score (nSPS) is 12.2. The molecule has 0 fully saturated rings. The van der Waals surface area contributed by atoms with E-state index in [2.05, 4.69) is 10.3 Å². The van der Waals surface area contributed by atoms with E-state index in [-0.39, 0.29) is 12.5 Å². The Morgan fingerprint density at radius 1 is 1.29 bits per heavy atom. The summed E-state index contributed by atoms with van der Waals surface area (Å²) in [4.78, 5) is 25.1. The Hall–Kier alpha value is -2.34. The van der Waals surface area contributed by atoms with Crippen molar-refractivity contribution in [2.45, 2.75) is 25.4 Å². The van der Waals surface area contributed by atoms with Crippen LogP contribution in [0.5, 0.6) is 0 Å². The summed E-state index contributed by atoms with van der Waals surface area (Å²) in [5.74, 6) is -1.59. The molecule has 2 rings (SSSR count). The van der Waals surface area contributed by atoms with Crippen LogP contribution < -0.4 is 5.32 Å². The molecule has 0 bridgehead atoms. The largest absolute Gasteiger partial charge is 0.479 e. The number of hydrogen-bond donors (Lipinski definition) is 4. The maximum Gasteiger partial charge on any atom is 0.334 e. The van der Waals surface area contributed by atoms with Crippen molar-refractivity contribution in [2.75, 3.05) is 6.54 Å². The maximum absolute atomic E-state index is 11.5. The Morgan fingerprint density at radius 2 is 2.05 bits per heavy atom. The number of amides is 1. The van der Waals surface area contributed by atoms with E-state index in [9.17, 15) is 9.59 Å². The average molecular weight is 290 g/mol. The first kappa shape index (κ1) is 15.1. The number of nitrogens with one attached hydrogen (secondary N) is 2. The van der Waals surface area contributed by atoms with Gasteiger partial charge in [0.1, 0.15) is 0 Å². The van der Waals surface area contributed by atoms with Gasteiger partial charge in [-0.05, 0) is 24.5 Å². The number of para-hydroxylation sites is 1. The summed E-state index contributed by atoms with van der Waals surface area (Å²) in [5.41, 5.74) is 2.23. The van der Waals surface area contributed by atoms with Gasteiger partial charge in [0.25, 0.3) is 0 Å². The van der Waals surface area contributed by atoms with Crippen molar-refractivity contribution >= 4 is 22.8 Å². The highest BCUT2D eigenvalue weighted by Crippen LogP contribution is 2.19. The molecule has 1 heterocycles. The highest BCUT2D eigenvalue weighted by molar-refractivity contribution is 5.83. The predicted molar refractivity (Wildman–Crippen MR) is 77.9 cm³/mol. The van der Waals surface area contributed by atoms with Crippen molar-refractivity contribution < 1.29 is 19.8 Å². The van der Waals surface area contributed by atoms with Crippen LogP contribution >= 0.6 is 0 Å². The Labute approximate surface area is 121 Å². The molecule has 0 saturated carbocycles. The zero-order chi connectivity index (χ0) is 15.2. The molecule has 0 spiro atoms. The third-order valence-electron chi connectivity index (χ3n) is 3.30. The van der Waals surface area contributed by atoms with Crippen molar-refractivity contribution in [1.29, 1.82) is 0 Å². The zero-order valence-corrected chi connectivity index (χ0v) is 11.5. The Morgan fingerprint density at radius 3 is 2.81 bits per heavy atom. The van der Waals surface area contributed by atoms with E-state index < -0.39 is 12.1 Å². The molecule has 1 amide bonds. The minimum atomic E-state index is -1.55. The first-order valence-electron chi connectivity index (χ1n) is 6.80. The van der Waals surface area contributed by atoms with E-state index >= 15 is 0 Å². The molecule has 112 valence electrons. The van der Waals surface area contributed by atoms with E-state index in [1.165, 1.54) is 0 Å². The number of aromatic nitrogens is 1. The van der Waals surface area contributed by atoms with Crippen molar-refractivity contribution in [2.24, 2.45) is 0 Å². The molecule has 0 saturated heterocycles. The highest BCUT2D eigenvalue weighted by Gasteiger charge is 2.13. The highest BCUT2D eigenvalue weighted by atomic mass is 16.4. The van der Waals surface area contributed by atoms with E-state index in [0.717, 1.165) is 22.9 Å². The molecule has 6 nitrogen and oxygen atoms in total. The minimum Gasteiger partial charge on any atom is -0.479 e. The topological polar surface area (TPSA) is 102 Å². The second-order valence-electron chi connectivity index (χ2n) is 4.87. The quantitative estimate of drug-likeness (QED) is 0.612. The second-order valence-corrected chi connectivity index (χ2v) is 4.87. The summed E-state index contributed by atoms with van der Waals surface area (Å²) in [6, 6.07) is 7.97. The van der Waals surface area contributed by atoms with Crippen LogP contribution in [0, 0.1) is 0 Å². The molecule has 0 aliphatic heterocycles. The number of aliphatic carboxylic acids is 1. The van der Waals surface area contributed by atoms with Gasteiger partial charge in [0, 0.05) is 23.5 Å². The number of carbonyl (C=O) groups excluding carboxylic acids is 1. The zero-order valence-electron chi connectivity index (χ0n) is 11.5. The number of fused-ring (bicyclic) bond motifs is 1. The van der Waals surface area contributed by atoms with Crippen LogP contribution in [-0.4, -0.2) is 39.7 Å². The van der Waals surface area contributed by atoms with Crippen LogP contribution in [0.3, 0.4) is 0 Å². The summed E-state index contributed by atoms with van der Waals surface area (Å²) in [6.45, 7) is -0.263. The monoisotopic (exact) mass is 290 g/mol. The molecular formula is C15H18N2O4. The average Bonchev–Trinajstić information content (AvgIpc) is 2.88. The predicted octanol–water partition coefficient (Wildman–Crippen LogP) is 1.05. The summed E-state index contributed by atoms with van der Waals surface area (Å²) in [7, 11) is 0. The summed E-state index contributed by atoms with van der Waals surface area (Å²) in [6.07, 6.45) is 2.11. The van der Waals surface area contributed by atoms with E-state index in [1.54, 1.807) is 0 Å². The Balaban J connectivity index is 1.76. The fourth-order valence-electron chi connectivity index (χ4n) is 2.16. The van der Waals surface area contributed by atoms with Gasteiger partial charge < -0.3 is 20.5 Å². The minimum absolute atomic E-state index is 0.254. The van der Waals surface area contributed by atoms with Gasteiger partial charge in [-0.3, -0.25) is 4.79 Å². The van der Waals surface area contributed by atoms with Crippen LogP contribution in [0.2, 0.25) is 0 Å². The fourth-order valence-corrected chi connectivity index (χ4v) is 2.16. The van der Waals surface area contributed by atoms with E-state index in [0.29, 0.717) is 12.8 Å². The van der Waals surface area contributed by atoms with Gasteiger partial charge in [0.2, 0.25) is 5.91 Å². The molecule has 0 aliphatic carbocycles. The summed E-state index contributed by atoms with van der Waals surface area (Å²) < 4.78 is 0. The number of aryl methyl sites for hydroxylation is 1. The van der Waals surface area contributed by atoms with Crippen LogP contribution in [0.1, 0.15) is 18.4 Å². The van der Waals surface area contributed by atoms with Crippen LogP contribution in [0.15, 0.2) is 30.5 Å². The molecular weight excluding hydrogens is 272 g/mol. The number of rotatable bonds is 7. The maximum atomic E-state index is 11.5. The summed E-state index contributed by atoms with van der Waals surface area (Å²) >= 11 is 0. The number of aromatic amines is 1. The van der Waals surface area contributed by atoms with Crippen molar-refractivity contribution in [3.8, 4) is 0 Å². The molecule has 0 unspecified atom stereocenters. The third kappa shape index (κ3) is 4.06. The number of aliphatic hydroxyl groups excluding tert-OH is 1. The lowest BCUT2D eigenvalue weighted by molar-refractivity contribution is -0.146. The Kier molecular flexibility index (Phi) is 4.94. The van der Waals surface area contributed by atoms with Crippen molar-refractivity contribution in [1.82, 2.24) is 10.3 Å². The lowest BCUT2D eigenvalue weighted by atomic mass is 10.1. The van der Waals surface area contributed by atoms with Gasteiger partial charge in [-0.2, -0.15) is 0 Å². The van der Waals surface area contributed by atoms with Gasteiger partial charge in [0.05, 0.1) is 6.54 Å². The van der Waals surface area contributed by atoms with Crippen molar-refractivity contribution in [3.63, 3.8) is 0 Å². The summed E-state index contributed by atoms with van der Waals surface area (Å²) in [5, 5.41) is 21.1. The number of hydrogen-bond acceptors (Lipinski definition) is 3. The van der Waals surface area contributed by atoms with Gasteiger partial charge in [-0.1, -0.05) is 18.2 Å². The Bertz CT molecular complexity index is 635. The lowest BCUT2D eigenvalue weighted by Gasteiger charge is -2.07. The molecule has 0 aliphatic rings. The molecule has 1 aromatic carbocycles. The van der Waals surface area contributed by atoms with Gasteiger partial charge in [0.15, 0.2) is 6.10 Å². The van der Waals surface area contributed by atoms with Crippen LogP contribution in [-0.2, 0) is 16.0 Å². The first-order chi connectivity index (χ1) is 10.1.